The van der Waals surface area contributed by atoms with Crippen molar-refractivity contribution in [2.45, 2.75) is 20.3 Å². The Balaban J connectivity index is 3.81. The highest BCUT2D eigenvalue weighted by Crippen LogP contribution is 2.22. The summed E-state index contributed by atoms with van der Waals surface area (Å²) in [5, 5.41) is 11.2. The fourth-order valence-corrected chi connectivity index (χ4v) is 1.69. The van der Waals surface area contributed by atoms with Crippen LogP contribution in [0.25, 0.3) is 12.2 Å². The van der Waals surface area contributed by atoms with Gasteiger partial charge in [0.2, 0.25) is 0 Å². The van der Waals surface area contributed by atoms with Crippen molar-refractivity contribution in [2.75, 3.05) is 14.2 Å². The van der Waals surface area contributed by atoms with Crippen LogP contribution in [0, 0.1) is 0 Å². The first-order chi connectivity index (χ1) is 7.56. The van der Waals surface area contributed by atoms with E-state index < -0.39 is 0 Å². The highest BCUT2D eigenvalue weighted by Gasteiger charge is 2.11. The number of ether oxygens (including phenoxy) is 2. The van der Waals surface area contributed by atoms with E-state index in [-0.39, 0.29) is 5.75 Å². The number of aromatic hydroxyl groups is 1. The highest BCUT2D eigenvalue weighted by molar-refractivity contribution is 5.57. The number of phenols is 1. The molecule has 1 aromatic carbocycles. The van der Waals surface area contributed by atoms with Gasteiger partial charge in [0.05, 0.1) is 19.4 Å². The predicted molar refractivity (Wildman–Crippen MR) is 65.4 cm³/mol. The van der Waals surface area contributed by atoms with Gasteiger partial charge in [0.1, 0.15) is 5.75 Å². The average Bonchev–Trinajstić information content (AvgIpc) is 2.27. The maximum Gasteiger partial charge on any atom is 0.172 e. The van der Waals surface area contributed by atoms with Gasteiger partial charge in [-0.15, -0.1) is 0 Å². The molecular weight excluding hydrogens is 204 g/mol. The van der Waals surface area contributed by atoms with Gasteiger partial charge in [0.25, 0.3) is 0 Å². The van der Waals surface area contributed by atoms with E-state index in [1.165, 1.54) is 0 Å². The molecule has 0 aliphatic carbocycles. The largest absolute Gasteiger partial charge is 0.507 e. The Morgan fingerprint density at radius 3 is 2.31 bits per heavy atom. The molecule has 0 aliphatic rings. The Labute approximate surface area is 95.6 Å². The Morgan fingerprint density at radius 1 is 1.31 bits per heavy atom. The zero-order valence-corrected chi connectivity index (χ0v) is 10.3. The van der Waals surface area contributed by atoms with Crippen LogP contribution in [-0.2, 0) is 0 Å². The standard InChI is InChI=1S/C13H18O3/c1-6-8(2)11-10(14)7-9(3)12(15-4)13(11)16-5/h7,14H,3,6H2,1-2,4-5H3/b11-8-. The van der Waals surface area contributed by atoms with Crippen molar-refractivity contribution in [2.24, 2.45) is 0 Å². The van der Waals surface area contributed by atoms with Crippen molar-refractivity contribution in [1.29, 1.82) is 0 Å². The molecule has 0 saturated carbocycles. The van der Waals surface area contributed by atoms with E-state index in [1.54, 1.807) is 20.3 Å². The van der Waals surface area contributed by atoms with Crippen LogP contribution in [0.4, 0.5) is 0 Å². The number of phenolic OH excluding ortho intramolecular Hbond substituents is 1. The van der Waals surface area contributed by atoms with Gasteiger partial charge in [-0.1, -0.05) is 19.1 Å². The van der Waals surface area contributed by atoms with Crippen LogP contribution in [-0.4, -0.2) is 19.3 Å². The van der Waals surface area contributed by atoms with Gasteiger partial charge in [-0.2, -0.15) is 0 Å². The second-order valence-corrected chi connectivity index (χ2v) is 3.63. The van der Waals surface area contributed by atoms with Crippen LogP contribution >= 0.6 is 0 Å². The second kappa shape index (κ2) is 4.92. The Bertz CT molecular complexity index is 489. The number of rotatable bonds is 3. The van der Waals surface area contributed by atoms with E-state index in [1.807, 2.05) is 13.8 Å². The van der Waals surface area contributed by atoms with E-state index in [9.17, 15) is 5.11 Å². The third-order valence-electron chi connectivity index (χ3n) is 2.66. The average molecular weight is 222 g/mol. The molecule has 0 fully saturated rings. The fourth-order valence-electron chi connectivity index (χ4n) is 1.69. The molecule has 1 rings (SSSR count). The molecular formula is C13H18O3. The number of hydrogen-bond donors (Lipinski definition) is 1. The van der Waals surface area contributed by atoms with Gasteiger partial charge in [0.15, 0.2) is 11.5 Å². The van der Waals surface area contributed by atoms with Gasteiger partial charge in [-0.3, -0.25) is 0 Å². The summed E-state index contributed by atoms with van der Waals surface area (Å²) < 4.78 is 10.6. The molecule has 0 amide bonds. The quantitative estimate of drug-likeness (QED) is 0.840. The zero-order valence-electron chi connectivity index (χ0n) is 10.3. The van der Waals surface area contributed by atoms with Crippen molar-refractivity contribution >= 4 is 12.2 Å². The van der Waals surface area contributed by atoms with Crippen molar-refractivity contribution in [3.05, 3.63) is 16.5 Å². The number of benzene rings is 1. The van der Waals surface area contributed by atoms with E-state index in [4.69, 9.17) is 9.47 Å². The van der Waals surface area contributed by atoms with Crippen LogP contribution in [0.1, 0.15) is 20.3 Å². The third kappa shape index (κ3) is 1.98. The van der Waals surface area contributed by atoms with E-state index in [2.05, 4.69) is 6.58 Å². The molecule has 0 atom stereocenters. The summed E-state index contributed by atoms with van der Waals surface area (Å²) in [6, 6.07) is 1.59. The van der Waals surface area contributed by atoms with Crippen molar-refractivity contribution in [3.63, 3.8) is 0 Å². The topological polar surface area (TPSA) is 38.7 Å². The third-order valence-corrected chi connectivity index (χ3v) is 2.66. The summed E-state index contributed by atoms with van der Waals surface area (Å²) in [5.74, 6) is 1.30. The number of methoxy groups -OCH3 is 2. The molecule has 16 heavy (non-hydrogen) atoms. The van der Waals surface area contributed by atoms with Crippen LogP contribution in [0.2, 0.25) is 0 Å². The molecule has 0 bridgehead atoms. The van der Waals surface area contributed by atoms with E-state index >= 15 is 0 Å². The van der Waals surface area contributed by atoms with Crippen LogP contribution < -0.4 is 19.9 Å². The van der Waals surface area contributed by atoms with Gasteiger partial charge < -0.3 is 14.6 Å². The lowest BCUT2D eigenvalue weighted by Gasteiger charge is -2.11. The van der Waals surface area contributed by atoms with E-state index in [0.717, 1.165) is 12.0 Å². The molecule has 88 valence electrons. The lowest BCUT2D eigenvalue weighted by molar-refractivity contribution is 0.345. The van der Waals surface area contributed by atoms with Crippen molar-refractivity contribution in [3.8, 4) is 17.2 Å². The minimum Gasteiger partial charge on any atom is -0.507 e. The van der Waals surface area contributed by atoms with Crippen LogP contribution in [0.15, 0.2) is 6.07 Å². The molecule has 3 heteroatoms. The fraction of sp³-hybridized carbons (Fsp3) is 0.385. The first kappa shape index (κ1) is 12.4. The first-order valence-corrected chi connectivity index (χ1v) is 5.19. The van der Waals surface area contributed by atoms with Gasteiger partial charge in [-0.05, 0) is 19.4 Å². The Kier molecular flexibility index (Phi) is 3.82. The van der Waals surface area contributed by atoms with Crippen LogP contribution in [0.3, 0.4) is 0 Å². The highest BCUT2D eigenvalue weighted by atomic mass is 16.5. The summed E-state index contributed by atoms with van der Waals surface area (Å²) in [5.41, 5.74) is 1.05. The SMILES string of the molecule is C=c1cc(O)/c(=C(\C)CC)c(OC)c1OC. The normalized spacial score (nSPS) is 12.2. The summed E-state index contributed by atoms with van der Waals surface area (Å²) in [7, 11) is 3.12. The predicted octanol–water partition coefficient (Wildman–Crippen LogP) is 1.40. The maximum absolute atomic E-state index is 9.93. The Morgan fingerprint density at radius 2 is 1.88 bits per heavy atom. The lowest BCUT2D eigenvalue weighted by atomic mass is 10.1. The molecule has 0 radical (unpaired) electrons. The smallest absolute Gasteiger partial charge is 0.172 e. The minimum absolute atomic E-state index is 0.182. The zero-order chi connectivity index (χ0) is 12.3. The molecule has 1 N–H and O–H groups in total. The Hall–Kier alpha value is -1.64. The molecule has 0 aliphatic heterocycles. The molecule has 0 saturated heterocycles. The summed E-state index contributed by atoms with van der Waals surface area (Å²) in [6.45, 7) is 7.80. The summed E-state index contributed by atoms with van der Waals surface area (Å²) >= 11 is 0. The summed E-state index contributed by atoms with van der Waals surface area (Å²) in [4.78, 5) is 0. The van der Waals surface area contributed by atoms with Crippen molar-refractivity contribution in [1.82, 2.24) is 0 Å². The summed E-state index contributed by atoms with van der Waals surface area (Å²) in [6.07, 6.45) is 0.837. The molecule has 0 heterocycles. The first-order valence-electron chi connectivity index (χ1n) is 5.19. The molecule has 0 aromatic heterocycles. The van der Waals surface area contributed by atoms with Gasteiger partial charge in [-0.25, -0.2) is 0 Å². The molecule has 0 unspecified atom stereocenters. The maximum atomic E-state index is 9.93. The van der Waals surface area contributed by atoms with Gasteiger partial charge >= 0.3 is 0 Å². The van der Waals surface area contributed by atoms with E-state index in [0.29, 0.717) is 21.9 Å². The lowest BCUT2D eigenvalue weighted by Crippen LogP contribution is -2.17. The molecule has 0 spiro atoms. The minimum atomic E-state index is 0.182. The molecule has 3 nitrogen and oxygen atoms in total. The van der Waals surface area contributed by atoms with Gasteiger partial charge in [0, 0.05) is 5.22 Å². The second-order valence-electron chi connectivity index (χ2n) is 3.63. The van der Waals surface area contributed by atoms with Crippen LogP contribution in [0.5, 0.6) is 17.2 Å². The number of hydrogen-bond acceptors (Lipinski definition) is 3. The van der Waals surface area contributed by atoms with Crippen molar-refractivity contribution < 1.29 is 14.6 Å². The molecule has 1 aromatic rings. The monoisotopic (exact) mass is 222 g/mol.